The zero-order valence-corrected chi connectivity index (χ0v) is 20.8. The first-order valence-corrected chi connectivity index (χ1v) is 12.4. The van der Waals surface area contributed by atoms with Gasteiger partial charge in [-0.25, -0.2) is 0 Å². The Hall–Kier alpha value is -2.71. The van der Waals surface area contributed by atoms with Gasteiger partial charge in [0.1, 0.15) is 37.1 Å². The van der Waals surface area contributed by atoms with Crippen LogP contribution in [0.4, 0.5) is 0 Å². The molecule has 0 fully saturated rings. The molecule has 3 rings (SSSR count). The van der Waals surface area contributed by atoms with E-state index >= 15 is 0 Å². The molecule has 0 saturated heterocycles. The highest BCUT2D eigenvalue weighted by Gasteiger charge is 2.30. The van der Waals surface area contributed by atoms with Crippen LogP contribution in [0.2, 0.25) is 0 Å². The zero-order valence-electron chi connectivity index (χ0n) is 20.0. The molecule has 0 N–H and O–H groups in total. The van der Waals surface area contributed by atoms with Gasteiger partial charge in [0.2, 0.25) is 0 Å². The lowest BCUT2D eigenvalue weighted by atomic mass is 10.3. The summed E-state index contributed by atoms with van der Waals surface area (Å²) in [5.74, 6) is 2.44. The molecule has 3 aromatic carbocycles. The van der Waals surface area contributed by atoms with E-state index < -0.39 is 10.9 Å². The van der Waals surface area contributed by atoms with Gasteiger partial charge in [-0.2, -0.15) is 0 Å². The van der Waals surface area contributed by atoms with Crippen LogP contribution >= 0.6 is 0 Å². The number of rotatable bonds is 15. The van der Waals surface area contributed by atoms with Gasteiger partial charge in [0, 0.05) is 39.5 Å². The maximum Gasteiger partial charge on any atom is 0.170 e. The van der Waals surface area contributed by atoms with Crippen LogP contribution < -0.4 is 14.2 Å². The van der Waals surface area contributed by atoms with Crippen LogP contribution in [0.1, 0.15) is 0 Å². The summed E-state index contributed by atoms with van der Waals surface area (Å²) in [5, 5.41) is 0. The van der Waals surface area contributed by atoms with Gasteiger partial charge in [0.15, 0.2) is 14.7 Å². The van der Waals surface area contributed by atoms with Crippen molar-refractivity contribution in [2.24, 2.45) is 0 Å². The van der Waals surface area contributed by atoms with Crippen molar-refractivity contribution in [3.05, 3.63) is 72.8 Å². The Kier molecular flexibility index (Phi) is 11.1. The summed E-state index contributed by atoms with van der Waals surface area (Å²) in [6, 6.07) is 24.6. The Morgan fingerprint density at radius 2 is 0.794 bits per heavy atom. The van der Waals surface area contributed by atoms with Gasteiger partial charge < -0.3 is 28.4 Å². The highest BCUT2D eigenvalue weighted by molar-refractivity contribution is 7.97. The minimum absolute atomic E-state index is 0.401. The average Bonchev–Trinajstić information content (AvgIpc) is 2.86. The summed E-state index contributed by atoms with van der Waals surface area (Å²) < 4.78 is 33.0. The summed E-state index contributed by atoms with van der Waals surface area (Å²) >= 11 is 0. The second-order valence-corrected chi connectivity index (χ2v) is 9.28. The first-order chi connectivity index (χ1) is 16.7. The molecule has 3 aromatic rings. The molecule has 0 amide bonds. The maximum atomic E-state index is 5.89. The molecule has 0 heterocycles. The van der Waals surface area contributed by atoms with Crippen LogP contribution in [0.5, 0.6) is 17.2 Å². The number of benzene rings is 3. The summed E-state index contributed by atoms with van der Waals surface area (Å²) in [4.78, 5) is 3.41. The molecule has 0 aromatic heterocycles. The van der Waals surface area contributed by atoms with Crippen LogP contribution in [0, 0.1) is 0 Å². The lowest BCUT2D eigenvalue weighted by molar-refractivity contribution is 0.146. The maximum absolute atomic E-state index is 5.89. The molecule has 7 heteroatoms. The number of methoxy groups -OCH3 is 3. The molecular formula is C27H33O6S+. The summed E-state index contributed by atoms with van der Waals surface area (Å²) in [5.41, 5.74) is 0. The third-order valence-electron chi connectivity index (χ3n) is 4.79. The van der Waals surface area contributed by atoms with Crippen molar-refractivity contribution in [3.8, 4) is 17.2 Å². The molecule has 0 aliphatic carbocycles. The predicted octanol–water partition coefficient (Wildman–Crippen LogP) is 4.86. The molecule has 0 radical (unpaired) electrons. The Morgan fingerprint density at radius 3 is 1.09 bits per heavy atom. The molecule has 0 bridgehead atoms. The molecule has 0 spiro atoms. The predicted molar refractivity (Wildman–Crippen MR) is 134 cm³/mol. The second kappa shape index (κ2) is 14.5. The summed E-state index contributed by atoms with van der Waals surface area (Å²) in [6.07, 6.45) is 0. The molecular weight excluding hydrogens is 452 g/mol. The fourth-order valence-electron chi connectivity index (χ4n) is 3.21. The summed E-state index contributed by atoms with van der Waals surface area (Å²) in [7, 11) is 4.60. The first kappa shape index (κ1) is 25.9. The van der Waals surface area contributed by atoms with Crippen molar-refractivity contribution in [1.82, 2.24) is 0 Å². The van der Waals surface area contributed by atoms with Gasteiger partial charge in [0.05, 0.1) is 30.7 Å². The lowest BCUT2D eigenvalue weighted by Gasteiger charge is -2.13. The van der Waals surface area contributed by atoms with Crippen molar-refractivity contribution >= 4 is 10.9 Å². The molecule has 0 saturated carbocycles. The number of hydrogen-bond acceptors (Lipinski definition) is 6. The lowest BCUT2D eigenvalue weighted by Crippen LogP contribution is -2.09. The normalized spacial score (nSPS) is 10.9. The topological polar surface area (TPSA) is 55.4 Å². The van der Waals surface area contributed by atoms with Crippen LogP contribution in [-0.4, -0.2) is 61.0 Å². The van der Waals surface area contributed by atoms with E-state index in [1.807, 2.05) is 36.4 Å². The van der Waals surface area contributed by atoms with E-state index in [0.29, 0.717) is 39.6 Å². The van der Waals surface area contributed by atoms with Crippen molar-refractivity contribution in [3.63, 3.8) is 0 Å². The minimum atomic E-state index is -0.401. The summed E-state index contributed by atoms with van der Waals surface area (Å²) in [6.45, 7) is 3.12. The molecule has 0 unspecified atom stereocenters. The third-order valence-corrected chi connectivity index (χ3v) is 6.97. The Bertz CT molecular complexity index is 869. The van der Waals surface area contributed by atoms with Gasteiger partial charge in [-0.15, -0.1) is 0 Å². The van der Waals surface area contributed by atoms with Crippen molar-refractivity contribution < 1.29 is 28.4 Å². The molecule has 0 aliphatic rings. The Labute approximate surface area is 205 Å². The monoisotopic (exact) mass is 485 g/mol. The first-order valence-electron chi connectivity index (χ1n) is 11.1. The van der Waals surface area contributed by atoms with Gasteiger partial charge in [-0.3, -0.25) is 0 Å². The standard InChI is InChI=1S/C27H33O6S/c1-28-13-16-31-22-7-4-10-25(19-22)34(26-11-5-8-23(20-26)32-17-14-29-2)27-12-6-9-24(21-27)33-18-15-30-3/h4-12,19-21H,13-18H2,1-3H3/q+1. The minimum Gasteiger partial charge on any atom is -0.491 e. The van der Waals surface area contributed by atoms with Gasteiger partial charge in [-0.1, -0.05) is 18.2 Å². The van der Waals surface area contributed by atoms with Crippen LogP contribution in [0.15, 0.2) is 87.5 Å². The zero-order chi connectivity index (χ0) is 24.0. The third kappa shape index (κ3) is 7.95. The average molecular weight is 486 g/mol. The van der Waals surface area contributed by atoms with E-state index in [-0.39, 0.29) is 0 Å². The Balaban J connectivity index is 1.96. The quantitative estimate of drug-likeness (QED) is 0.226. The van der Waals surface area contributed by atoms with Gasteiger partial charge in [-0.05, 0) is 36.4 Å². The van der Waals surface area contributed by atoms with Crippen molar-refractivity contribution in [2.75, 3.05) is 61.0 Å². The highest BCUT2D eigenvalue weighted by Crippen LogP contribution is 2.35. The van der Waals surface area contributed by atoms with Crippen LogP contribution in [0.3, 0.4) is 0 Å². The largest absolute Gasteiger partial charge is 0.491 e. The van der Waals surface area contributed by atoms with E-state index in [9.17, 15) is 0 Å². The Morgan fingerprint density at radius 1 is 0.471 bits per heavy atom. The van der Waals surface area contributed by atoms with E-state index in [0.717, 1.165) is 31.9 Å². The van der Waals surface area contributed by atoms with Crippen molar-refractivity contribution in [2.45, 2.75) is 14.7 Å². The SMILES string of the molecule is COCCOc1cccc([S+](c2cccc(OCCOC)c2)c2cccc(OCCOC)c2)c1. The van der Waals surface area contributed by atoms with E-state index in [1.54, 1.807) is 21.3 Å². The van der Waals surface area contributed by atoms with Gasteiger partial charge >= 0.3 is 0 Å². The number of hydrogen-bond donors (Lipinski definition) is 0. The van der Waals surface area contributed by atoms with Crippen molar-refractivity contribution in [1.29, 1.82) is 0 Å². The van der Waals surface area contributed by atoms with E-state index in [1.165, 1.54) is 0 Å². The van der Waals surface area contributed by atoms with E-state index in [2.05, 4.69) is 36.4 Å². The molecule has 182 valence electrons. The molecule has 0 aliphatic heterocycles. The molecule has 0 atom stereocenters. The van der Waals surface area contributed by atoms with Crippen LogP contribution in [-0.2, 0) is 25.1 Å². The van der Waals surface area contributed by atoms with Gasteiger partial charge in [0.25, 0.3) is 0 Å². The smallest absolute Gasteiger partial charge is 0.170 e. The fraction of sp³-hybridized carbons (Fsp3) is 0.333. The fourth-order valence-corrected chi connectivity index (χ4v) is 5.37. The number of ether oxygens (including phenoxy) is 6. The van der Waals surface area contributed by atoms with Crippen LogP contribution in [0.25, 0.3) is 0 Å². The highest BCUT2D eigenvalue weighted by atomic mass is 32.2. The van der Waals surface area contributed by atoms with E-state index in [4.69, 9.17) is 28.4 Å². The second-order valence-electron chi connectivity index (χ2n) is 7.25. The molecule has 6 nitrogen and oxygen atoms in total. The molecule has 34 heavy (non-hydrogen) atoms.